The van der Waals surface area contributed by atoms with Crippen molar-refractivity contribution in [2.45, 2.75) is 64.7 Å². The van der Waals surface area contributed by atoms with Crippen LogP contribution in [-0.4, -0.2) is 40.3 Å². The lowest BCUT2D eigenvalue weighted by molar-refractivity contribution is -0.181. The summed E-state index contributed by atoms with van der Waals surface area (Å²) < 4.78 is 10.7. The van der Waals surface area contributed by atoms with Crippen LogP contribution >= 0.6 is 0 Å². The van der Waals surface area contributed by atoms with E-state index in [4.69, 9.17) is 15.2 Å². The van der Waals surface area contributed by atoms with Crippen LogP contribution in [0.5, 0.6) is 0 Å². The number of carbonyl (C=O) groups excluding carboxylic acids is 2. The van der Waals surface area contributed by atoms with Crippen molar-refractivity contribution in [2.75, 3.05) is 0 Å². The summed E-state index contributed by atoms with van der Waals surface area (Å²) in [6, 6.07) is 2.05. The summed E-state index contributed by atoms with van der Waals surface area (Å²) >= 11 is 0. The first-order chi connectivity index (χ1) is 13.2. The molecule has 1 aromatic heterocycles. The van der Waals surface area contributed by atoms with Gasteiger partial charge < -0.3 is 20.3 Å². The lowest BCUT2D eigenvalue weighted by Crippen LogP contribution is -2.51. The van der Waals surface area contributed by atoms with E-state index in [9.17, 15) is 19.5 Å². The summed E-state index contributed by atoms with van der Waals surface area (Å²) in [5.41, 5.74) is 5.58. The van der Waals surface area contributed by atoms with E-state index in [0.717, 1.165) is 19.3 Å². The van der Waals surface area contributed by atoms with Gasteiger partial charge in [0.25, 0.3) is 0 Å². The van der Waals surface area contributed by atoms with Gasteiger partial charge in [0.1, 0.15) is 6.04 Å². The maximum Gasteiger partial charge on any atom is 0.342 e. The third kappa shape index (κ3) is 5.51. The van der Waals surface area contributed by atoms with Gasteiger partial charge in [0, 0.05) is 23.7 Å². The summed E-state index contributed by atoms with van der Waals surface area (Å²) in [7, 11) is 0. The van der Waals surface area contributed by atoms with Gasteiger partial charge >= 0.3 is 17.9 Å². The van der Waals surface area contributed by atoms with Crippen LogP contribution in [0.15, 0.2) is 24.5 Å². The van der Waals surface area contributed by atoms with E-state index < -0.39 is 35.7 Å². The van der Waals surface area contributed by atoms with Gasteiger partial charge in [-0.2, -0.15) is 0 Å². The molecule has 0 aliphatic heterocycles. The van der Waals surface area contributed by atoms with Gasteiger partial charge in [-0.15, -0.1) is 0 Å². The largest absolute Gasteiger partial charge is 0.481 e. The number of hydrogen-bond acceptors (Lipinski definition) is 7. The average molecular weight is 392 g/mol. The lowest BCUT2D eigenvalue weighted by Gasteiger charge is -2.40. The summed E-state index contributed by atoms with van der Waals surface area (Å²) in [6.07, 6.45) is 5.30. The predicted molar refractivity (Wildman–Crippen MR) is 100 cm³/mol. The molecule has 1 aliphatic rings. The number of esters is 2. The first-order valence-electron chi connectivity index (χ1n) is 9.54. The molecule has 0 radical (unpaired) electrons. The Labute approximate surface area is 164 Å². The van der Waals surface area contributed by atoms with Gasteiger partial charge in [0.2, 0.25) is 6.29 Å². The minimum absolute atomic E-state index is 0.189. The van der Waals surface area contributed by atoms with Crippen molar-refractivity contribution in [1.29, 1.82) is 0 Å². The highest BCUT2D eigenvalue weighted by Crippen LogP contribution is 2.42. The number of pyridine rings is 1. The number of carboxylic acid groups (broad SMARTS) is 1. The second-order valence-corrected chi connectivity index (χ2v) is 7.67. The molecule has 8 heteroatoms. The van der Waals surface area contributed by atoms with Crippen LogP contribution in [0, 0.1) is 11.3 Å². The highest BCUT2D eigenvalue weighted by Gasteiger charge is 2.45. The first kappa shape index (κ1) is 21.8. The van der Waals surface area contributed by atoms with Crippen LogP contribution in [0.4, 0.5) is 0 Å². The van der Waals surface area contributed by atoms with E-state index in [1.54, 1.807) is 26.0 Å². The molecule has 3 N–H and O–H groups in total. The highest BCUT2D eigenvalue weighted by atomic mass is 16.7. The van der Waals surface area contributed by atoms with E-state index in [1.165, 1.54) is 12.4 Å². The second kappa shape index (κ2) is 9.64. The SMILES string of the molecule is CC(C)C(OC(=O)c1cccnc1)OC(=O)C(N)C1(CC(=O)O)CCCCC1. The second-order valence-electron chi connectivity index (χ2n) is 7.67. The van der Waals surface area contributed by atoms with Crippen LogP contribution in [0.2, 0.25) is 0 Å². The molecule has 0 amide bonds. The summed E-state index contributed by atoms with van der Waals surface area (Å²) in [4.78, 5) is 40.2. The number of aromatic nitrogens is 1. The third-order valence-corrected chi connectivity index (χ3v) is 5.16. The fraction of sp³-hybridized carbons (Fsp3) is 0.600. The number of nitrogens with zero attached hydrogens (tertiary/aromatic N) is 1. The highest BCUT2D eigenvalue weighted by molar-refractivity contribution is 5.89. The van der Waals surface area contributed by atoms with Crippen LogP contribution in [0.25, 0.3) is 0 Å². The molecule has 1 aromatic rings. The summed E-state index contributed by atoms with van der Waals surface area (Å²) in [6.45, 7) is 3.49. The Morgan fingerprint density at radius 3 is 2.43 bits per heavy atom. The molecule has 8 nitrogen and oxygen atoms in total. The minimum atomic E-state index is -1.13. The van der Waals surface area contributed by atoms with E-state index in [0.29, 0.717) is 12.8 Å². The zero-order valence-electron chi connectivity index (χ0n) is 16.3. The van der Waals surface area contributed by atoms with E-state index in [2.05, 4.69) is 4.98 Å². The normalized spacial score (nSPS) is 18.1. The average Bonchev–Trinajstić information content (AvgIpc) is 2.67. The van der Waals surface area contributed by atoms with Gasteiger partial charge in [0.05, 0.1) is 12.0 Å². The topological polar surface area (TPSA) is 129 Å². The van der Waals surface area contributed by atoms with Gasteiger partial charge in [-0.1, -0.05) is 33.1 Å². The van der Waals surface area contributed by atoms with Crippen LogP contribution < -0.4 is 5.73 Å². The number of hydrogen-bond donors (Lipinski definition) is 2. The molecular formula is C20H28N2O6. The Morgan fingerprint density at radius 2 is 1.89 bits per heavy atom. The number of carbonyl (C=O) groups is 3. The fourth-order valence-electron chi connectivity index (χ4n) is 3.55. The molecule has 2 rings (SSSR count). The number of ether oxygens (including phenoxy) is 2. The number of carboxylic acids is 1. The van der Waals surface area contributed by atoms with Gasteiger partial charge in [-0.25, -0.2) is 4.79 Å². The molecule has 0 aromatic carbocycles. The Balaban J connectivity index is 2.09. The Morgan fingerprint density at radius 1 is 1.21 bits per heavy atom. The van der Waals surface area contributed by atoms with E-state index in [-0.39, 0.29) is 17.9 Å². The lowest BCUT2D eigenvalue weighted by atomic mass is 9.67. The molecular weight excluding hydrogens is 364 g/mol. The van der Waals surface area contributed by atoms with Crippen molar-refractivity contribution in [1.82, 2.24) is 4.98 Å². The zero-order valence-corrected chi connectivity index (χ0v) is 16.3. The van der Waals surface area contributed by atoms with E-state index >= 15 is 0 Å². The van der Waals surface area contributed by atoms with Crippen molar-refractivity contribution >= 4 is 17.9 Å². The molecule has 1 aliphatic carbocycles. The van der Waals surface area contributed by atoms with Crippen LogP contribution in [0.1, 0.15) is 62.7 Å². The van der Waals surface area contributed by atoms with Crippen molar-refractivity contribution in [2.24, 2.45) is 17.1 Å². The zero-order chi connectivity index (χ0) is 20.7. The molecule has 0 spiro atoms. The van der Waals surface area contributed by atoms with E-state index in [1.807, 2.05) is 0 Å². The van der Waals surface area contributed by atoms with Gasteiger partial charge in [0.15, 0.2) is 0 Å². The molecule has 28 heavy (non-hydrogen) atoms. The molecule has 1 saturated carbocycles. The van der Waals surface area contributed by atoms with Crippen LogP contribution in [-0.2, 0) is 19.1 Å². The summed E-state index contributed by atoms with van der Waals surface area (Å²) in [5, 5.41) is 9.29. The molecule has 0 saturated heterocycles. The van der Waals surface area contributed by atoms with Crippen molar-refractivity contribution < 1.29 is 29.0 Å². The van der Waals surface area contributed by atoms with Crippen molar-refractivity contribution in [3.05, 3.63) is 30.1 Å². The fourth-order valence-corrected chi connectivity index (χ4v) is 3.55. The number of rotatable bonds is 8. The maximum atomic E-state index is 12.7. The van der Waals surface area contributed by atoms with Crippen LogP contribution in [0.3, 0.4) is 0 Å². The van der Waals surface area contributed by atoms with Gasteiger partial charge in [-0.3, -0.25) is 14.6 Å². The predicted octanol–water partition coefficient (Wildman–Crippen LogP) is 2.52. The first-order valence-corrected chi connectivity index (χ1v) is 9.54. The molecule has 154 valence electrons. The quantitative estimate of drug-likeness (QED) is 0.510. The van der Waals surface area contributed by atoms with Crippen molar-refractivity contribution in [3.8, 4) is 0 Å². The monoisotopic (exact) mass is 392 g/mol. The molecule has 2 unspecified atom stereocenters. The Kier molecular flexibility index (Phi) is 7.51. The molecule has 0 bridgehead atoms. The molecule has 2 atom stereocenters. The maximum absolute atomic E-state index is 12.7. The van der Waals surface area contributed by atoms with Crippen molar-refractivity contribution in [3.63, 3.8) is 0 Å². The minimum Gasteiger partial charge on any atom is -0.481 e. The van der Waals surface area contributed by atoms with Gasteiger partial charge in [-0.05, 0) is 25.0 Å². The standard InChI is InChI=1S/C20H28N2O6/c1-13(2)19(27-17(25)14-7-6-10-22-12-14)28-18(26)16(21)20(11-15(23)24)8-4-3-5-9-20/h6-7,10,12-13,16,19H,3-5,8-9,11,21H2,1-2H3,(H,23,24). The smallest absolute Gasteiger partial charge is 0.342 e. The summed E-state index contributed by atoms with van der Waals surface area (Å²) in [5.74, 6) is -2.71. The molecule has 1 fully saturated rings. The Hall–Kier alpha value is -2.48. The molecule has 1 heterocycles. The Bertz CT molecular complexity index is 685. The number of aliphatic carboxylic acids is 1. The number of nitrogens with two attached hydrogens (primary N) is 1. The third-order valence-electron chi connectivity index (χ3n) is 5.16.